The molecule has 2 aromatic rings. The predicted octanol–water partition coefficient (Wildman–Crippen LogP) is 7.14. The number of hydrogen-bond acceptors (Lipinski definition) is 3. The lowest BCUT2D eigenvalue weighted by atomic mass is 9.93. The largest absolute Gasteiger partial charge is 0.471 e. The Labute approximate surface area is 212 Å². The van der Waals surface area contributed by atoms with Gasteiger partial charge in [-0.25, -0.2) is 0 Å². The molecule has 1 amide bonds. The van der Waals surface area contributed by atoms with E-state index >= 15 is 0 Å². The molecule has 0 saturated carbocycles. The summed E-state index contributed by atoms with van der Waals surface area (Å²) in [5, 5.41) is 11.1. The number of alkyl halides is 15. The fourth-order valence-corrected chi connectivity index (χ4v) is 2.74. The van der Waals surface area contributed by atoms with Crippen LogP contribution in [-0.2, 0) is 6.61 Å². The van der Waals surface area contributed by atoms with Crippen molar-refractivity contribution in [3.05, 3.63) is 59.7 Å². The third kappa shape index (κ3) is 5.34. The first-order valence-corrected chi connectivity index (χ1v) is 10.0. The molecule has 0 fully saturated rings. The van der Waals surface area contributed by atoms with Crippen molar-refractivity contribution in [1.82, 2.24) is 0 Å². The smallest absolute Gasteiger partial charge is 0.428 e. The predicted molar refractivity (Wildman–Crippen MR) is 103 cm³/mol. The molecule has 4 nitrogen and oxygen atoms in total. The maximum Gasteiger partial charge on any atom is 0.471 e. The molecule has 2 aromatic carbocycles. The van der Waals surface area contributed by atoms with Gasteiger partial charge in [-0.1, -0.05) is 12.1 Å². The van der Waals surface area contributed by atoms with Gasteiger partial charge in [0, 0.05) is 11.3 Å². The van der Waals surface area contributed by atoms with Gasteiger partial charge in [0.25, 0.3) is 5.91 Å². The molecule has 40 heavy (non-hydrogen) atoms. The highest BCUT2D eigenvalue weighted by Crippen LogP contribution is 2.62. The van der Waals surface area contributed by atoms with Gasteiger partial charge in [-0.05, 0) is 42.0 Å². The molecule has 0 unspecified atom stereocenters. The second-order valence-corrected chi connectivity index (χ2v) is 7.82. The van der Waals surface area contributed by atoms with Crippen LogP contribution in [0.4, 0.5) is 71.5 Å². The molecule has 0 aliphatic carbocycles. The molecular weight excluding hydrogens is 599 g/mol. The van der Waals surface area contributed by atoms with Crippen LogP contribution in [0.2, 0.25) is 0 Å². The third-order valence-electron chi connectivity index (χ3n) is 5.06. The average Bonchev–Trinajstić information content (AvgIpc) is 2.83. The zero-order valence-electron chi connectivity index (χ0n) is 18.8. The summed E-state index contributed by atoms with van der Waals surface area (Å²) < 4.78 is 202. The quantitative estimate of drug-likeness (QED) is 0.281. The molecule has 0 heterocycles. The Kier molecular flexibility index (Phi) is 8.39. The number of aliphatic hydroxyl groups excluding tert-OH is 1. The number of anilines is 1. The summed E-state index contributed by atoms with van der Waals surface area (Å²) >= 11 is 0. The SMILES string of the molecule is O=C(Nc1ccc(OC(F)(F)C(F)(F)C(F)(F)C(F)(F)C(F)(F)C(F)(F)C(F)(F)F)cc1)c1ccc(CO)cc1. The van der Waals surface area contributed by atoms with Crippen molar-refractivity contribution in [3.63, 3.8) is 0 Å². The standard InChI is InChI=1S/C21H12F15NO3/c22-15(23,16(24,25)18(28,29)20(32,33)34)17(26,27)19(30,31)21(35,36)40-13-7-5-12(6-8-13)37-14(39)11-3-1-10(9-38)2-4-11/h1-8,38H,9H2,(H,37,39). The highest BCUT2D eigenvalue weighted by Gasteiger charge is 2.94. The Hall–Kier alpha value is -3.38. The molecule has 0 saturated heterocycles. The van der Waals surface area contributed by atoms with Crippen LogP contribution in [0, 0.1) is 0 Å². The Bertz CT molecular complexity index is 1190. The van der Waals surface area contributed by atoms with Gasteiger partial charge in [-0.15, -0.1) is 0 Å². The second-order valence-electron chi connectivity index (χ2n) is 7.82. The number of halogens is 15. The molecule has 0 aliphatic rings. The van der Waals surface area contributed by atoms with E-state index < -0.39 is 53.6 Å². The topological polar surface area (TPSA) is 58.6 Å². The van der Waals surface area contributed by atoms with Crippen molar-refractivity contribution in [2.24, 2.45) is 0 Å². The summed E-state index contributed by atoms with van der Waals surface area (Å²) in [4.78, 5) is 12.1. The molecular formula is C21H12F15NO3. The van der Waals surface area contributed by atoms with Gasteiger partial charge in [0.15, 0.2) is 0 Å². The van der Waals surface area contributed by atoms with Crippen LogP contribution in [-0.4, -0.2) is 52.9 Å². The number of carbonyl (C=O) groups is 1. The van der Waals surface area contributed by atoms with Gasteiger partial charge >= 0.3 is 41.9 Å². The van der Waals surface area contributed by atoms with Gasteiger partial charge in [0.05, 0.1) is 6.61 Å². The number of ether oxygens (including phenoxy) is 1. The molecule has 2 rings (SSSR count). The number of benzene rings is 2. The van der Waals surface area contributed by atoms with Crippen LogP contribution in [0.15, 0.2) is 48.5 Å². The van der Waals surface area contributed by atoms with E-state index in [4.69, 9.17) is 5.11 Å². The maximum absolute atomic E-state index is 13.9. The molecule has 224 valence electrons. The van der Waals surface area contributed by atoms with Gasteiger partial charge in [0.2, 0.25) is 0 Å². The van der Waals surface area contributed by atoms with Crippen molar-refractivity contribution < 1.29 is 80.5 Å². The summed E-state index contributed by atoms with van der Waals surface area (Å²) in [5.41, 5.74) is 0.112. The minimum absolute atomic E-state index is 0.0141. The van der Waals surface area contributed by atoms with E-state index in [2.05, 4.69) is 10.1 Å². The molecule has 0 bridgehead atoms. The Morgan fingerprint density at radius 2 is 1.05 bits per heavy atom. The first-order chi connectivity index (χ1) is 17.9. The Morgan fingerprint density at radius 3 is 1.48 bits per heavy atom. The van der Waals surface area contributed by atoms with E-state index in [9.17, 15) is 70.7 Å². The van der Waals surface area contributed by atoms with Crippen molar-refractivity contribution in [1.29, 1.82) is 0 Å². The first kappa shape index (κ1) is 32.8. The number of amides is 1. The average molecular weight is 611 g/mol. The summed E-state index contributed by atoms with van der Waals surface area (Å²) in [6.45, 7) is -0.362. The molecule has 0 atom stereocenters. The molecule has 19 heteroatoms. The summed E-state index contributed by atoms with van der Waals surface area (Å²) in [6.07, 6.45) is -14.6. The van der Waals surface area contributed by atoms with E-state index in [0.29, 0.717) is 17.7 Å². The van der Waals surface area contributed by atoms with Gasteiger partial charge < -0.3 is 15.2 Å². The highest BCUT2D eigenvalue weighted by atomic mass is 19.4. The first-order valence-electron chi connectivity index (χ1n) is 10.0. The Balaban J connectivity index is 2.29. The van der Waals surface area contributed by atoms with Crippen LogP contribution in [0.3, 0.4) is 0 Å². The minimum atomic E-state index is -8.42. The van der Waals surface area contributed by atoms with Crippen molar-refractivity contribution in [2.75, 3.05) is 5.32 Å². The lowest BCUT2D eigenvalue weighted by Gasteiger charge is -2.41. The van der Waals surface area contributed by atoms with Crippen molar-refractivity contribution >= 4 is 11.6 Å². The van der Waals surface area contributed by atoms with E-state index in [0.717, 1.165) is 0 Å². The van der Waals surface area contributed by atoms with E-state index in [-0.39, 0.29) is 30.0 Å². The van der Waals surface area contributed by atoms with Crippen LogP contribution >= 0.6 is 0 Å². The summed E-state index contributed by atoms with van der Waals surface area (Å²) in [6, 6.07) is 6.92. The molecule has 0 spiro atoms. The number of aliphatic hydroxyl groups is 1. The lowest BCUT2D eigenvalue weighted by molar-refractivity contribution is -0.465. The van der Waals surface area contributed by atoms with Gasteiger partial charge in [-0.2, -0.15) is 65.9 Å². The number of hydrogen-bond donors (Lipinski definition) is 2. The van der Waals surface area contributed by atoms with Gasteiger partial charge in [-0.3, -0.25) is 4.79 Å². The van der Waals surface area contributed by atoms with Crippen LogP contribution < -0.4 is 10.1 Å². The number of nitrogens with one attached hydrogen (secondary N) is 1. The number of rotatable bonds is 10. The van der Waals surface area contributed by atoms with E-state index in [1.54, 1.807) is 0 Å². The minimum Gasteiger partial charge on any atom is -0.428 e. The fraction of sp³-hybridized carbons (Fsp3) is 0.381. The Morgan fingerprint density at radius 1 is 0.625 bits per heavy atom. The summed E-state index contributed by atoms with van der Waals surface area (Å²) in [7, 11) is 0. The fourth-order valence-electron chi connectivity index (χ4n) is 2.74. The van der Waals surface area contributed by atoms with Crippen molar-refractivity contribution in [3.8, 4) is 5.75 Å². The summed E-state index contributed by atoms with van der Waals surface area (Å²) in [5.74, 6) is -43.3. The van der Waals surface area contributed by atoms with Crippen molar-refractivity contribution in [2.45, 2.75) is 48.5 Å². The van der Waals surface area contributed by atoms with Gasteiger partial charge in [0.1, 0.15) is 5.75 Å². The molecule has 0 aliphatic heterocycles. The molecule has 0 aromatic heterocycles. The zero-order valence-corrected chi connectivity index (χ0v) is 18.8. The maximum atomic E-state index is 13.9. The van der Waals surface area contributed by atoms with Crippen LogP contribution in [0.1, 0.15) is 15.9 Å². The molecule has 2 N–H and O–H groups in total. The normalized spacial score (nSPS) is 14.2. The second kappa shape index (κ2) is 10.2. The lowest BCUT2D eigenvalue weighted by Crippen LogP contribution is -2.73. The van der Waals surface area contributed by atoms with E-state index in [1.165, 1.54) is 24.3 Å². The highest BCUT2D eigenvalue weighted by molar-refractivity contribution is 6.04. The van der Waals surface area contributed by atoms with E-state index in [1.807, 2.05) is 0 Å². The number of carbonyl (C=O) groups excluding carboxylic acids is 1. The monoisotopic (exact) mass is 611 g/mol. The third-order valence-corrected chi connectivity index (χ3v) is 5.06. The molecule has 0 radical (unpaired) electrons. The van der Waals surface area contributed by atoms with Crippen LogP contribution in [0.25, 0.3) is 0 Å². The zero-order chi connectivity index (χ0) is 31.2. The van der Waals surface area contributed by atoms with Crippen LogP contribution in [0.5, 0.6) is 5.75 Å².